The molecule has 1 aliphatic rings. The van der Waals surface area contributed by atoms with Crippen LogP contribution in [0.2, 0.25) is 0 Å². The summed E-state index contributed by atoms with van der Waals surface area (Å²) in [4.78, 5) is 19.5. The molecule has 1 amide bonds. The number of rotatable bonds is 2. The molecule has 0 spiro atoms. The van der Waals surface area contributed by atoms with Crippen molar-refractivity contribution in [1.29, 1.82) is 0 Å². The minimum absolute atomic E-state index is 0.143. The van der Waals surface area contributed by atoms with Crippen LogP contribution in [0.4, 0.5) is 13.2 Å². The summed E-state index contributed by atoms with van der Waals surface area (Å²) in [6.07, 6.45) is -3.03. The molecule has 3 rings (SSSR count). The van der Waals surface area contributed by atoms with Crippen LogP contribution in [0, 0.1) is 0 Å². The summed E-state index contributed by atoms with van der Waals surface area (Å²) in [5.74, 6) is -0.617. The van der Waals surface area contributed by atoms with E-state index in [2.05, 4.69) is 4.98 Å². The number of hydrogen-bond acceptors (Lipinski definition) is 4. The summed E-state index contributed by atoms with van der Waals surface area (Å²) in [6, 6.07) is 6.93. The normalized spacial score (nSPS) is 16.5. The highest BCUT2D eigenvalue weighted by molar-refractivity contribution is 6.08. The number of aromatic nitrogens is 1. The predicted molar refractivity (Wildman–Crippen MR) is 81.8 cm³/mol. The first kappa shape index (κ1) is 16.5. The molecule has 0 atom stereocenters. The maximum absolute atomic E-state index is 12.7. The van der Waals surface area contributed by atoms with E-state index in [1.807, 2.05) is 0 Å². The highest BCUT2D eigenvalue weighted by Gasteiger charge is 2.33. The third-order valence-corrected chi connectivity index (χ3v) is 4.03. The van der Waals surface area contributed by atoms with Gasteiger partial charge in [0.25, 0.3) is 5.91 Å². The van der Waals surface area contributed by atoms with Crippen molar-refractivity contribution in [2.45, 2.75) is 6.18 Å². The summed E-state index contributed by atoms with van der Waals surface area (Å²) in [6.45, 7) is -0.307. The molecule has 128 valence electrons. The summed E-state index contributed by atoms with van der Waals surface area (Å²) < 4.78 is 37.3. The molecule has 1 N–H and O–H groups in total. The van der Waals surface area contributed by atoms with Crippen LogP contribution in [0.15, 0.2) is 30.5 Å². The van der Waals surface area contributed by atoms with Gasteiger partial charge in [-0.05, 0) is 6.07 Å². The first-order chi connectivity index (χ1) is 11.3. The van der Waals surface area contributed by atoms with Crippen LogP contribution in [0.3, 0.4) is 0 Å². The van der Waals surface area contributed by atoms with Gasteiger partial charge in [-0.1, -0.05) is 18.2 Å². The van der Waals surface area contributed by atoms with Crippen LogP contribution in [0.25, 0.3) is 10.9 Å². The molecular weight excluding hydrogens is 323 g/mol. The molecule has 0 saturated carbocycles. The summed E-state index contributed by atoms with van der Waals surface area (Å²) in [5.41, 5.74) is 0.722. The Labute approximate surface area is 136 Å². The van der Waals surface area contributed by atoms with Gasteiger partial charge in [0.2, 0.25) is 0 Å². The molecule has 0 unspecified atom stereocenters. The molecule has 2 aromatic rings. The average Bonchev–Trinajstić information content (AvgIpc) is 2.53. The van der Waals surface area contributed by atoms with Crippen molar-refractivity contribution in [3.05, 3.63) is 36.0 Å². The van der Waals surface area contributed by atoms with Crippen molar-refractivity contribution in [1.82, 2.24) is 14.8 Å². The number of carbonyl (C=O) groups is 1. The minimum Gasteiger partial charge on any atom is -0.505 e. The van der Waals surface area contributed by atoms with Gasteiger partial charge in [-0.3, -0.25) is 14.7 Å². The molecule has 1 aliphatic heterocycles. The van der Waals surface area contributed by atoms with Crippen molar-refractivity contribution in [3.63, 3.8) is 0 Å². The molecular formula is C16H16F3N3O2. The van der Waals surface area contributed by atoms with Crippen molar-refractivity contribution >= 4 is 16.8 Å². The number of piperazine rings is 1. The number of hydrogen-bond donors (Lipinski definition) is 1. The molecule has 0 radical (unpaired) electrons. The van der Waals surface area contributed by atoms with Gasteiger partial charge >= 0.3 is 6.18 Å². The number of para-hydroxylation sites is 1. The predicted octanol–water partition coefficient (Wildman–Crippen LogP) is 2.26. The molecule has 1 aromatic carbocycles. The maximum Gasteiger partial charge on any atom is 0.401 e. The smallest absolute Gasteiger partial charge is 0.401 e. The first-order valence-corrected chi connectivity index (χ1v) is 7.50. The van der Waals surface area contributed by atoms with E-state index < -0.39 is 18.6 Å². The quantitative estimate of drug-likeness (QED) is 0.912. The van der Waals surface area contributed by atoms with Crippen LogP contribution in [0.5, 0.6) is 5.75 Å². The van der Waals surface area contributed by atoms with E-state index in [-0.39, 0.29) is 37.5 Å². The van der Waals surface area contributed by atoms with Gasteiger partial charge in [-0.2, -0.15) is 13.2 Å². The fraction of sp³-hybridized carbons (Fsp3) is 0.375. The van der Waals surface area contributed by atoms with E-state index in [0.717, 1.165) is 0 Å². The van der Waals surface area contributed by atoms with E-state index in [4.69, 9.17) is 0 Å². The number of pyridine rings is 1. The Balaban J connectivity index is 1.78. The van der Waals surface area contributed by atoms with E-state index >= 15 is 0 Å². The second-order valence-corrected chi connectivity index (χ2v) is 5.72. The van der Waals surface area contributed by atoms with Gasteiger partial charge in [-0.25, -0.2) is 0 Å². The maximum atomic E-state index is 12.7. The van der Waals surface area contributed by atoms with Crippen molar-refractivity contribution in [2.24, 2.45) is 0 Å². The molecule has 1 saturated heterocycles. The largest absolute Gasteiger partial charge is 0.505 e. The van der Waals surface area contributed by atoms with Crippen LogP contribution < -0.4 is 0 Å². The third-order valence-electron chi connectivity index (χ3n) is 4.03. The molecule has 1 aromatic heterocycles. The highest BCUT2D eigenvalue weighted by Crippen LogP contribution is 2.27. The summed E-state index contributed by atoms with van der Waals surface area (Å²) in [7, 11) is 0. The van der Waals surface area contributed by atoms with Gasteiger partial charge in [-0.15, -0.1) is 0 Å². The molecule has 2 heterocycles. The Morgan fingerprint density at radius 3 is 2.50 bits per heavy atom. The van der Waals surface area contributed by atoms with E-state index in [9.17, 15) is 23.1 Å². The standard InChI is InChI=1S/C16H16F3N3O2/c17-16(18,19)10-21-5-7-22(8-6-21)15(24)14-11-3-1-2-4-12(11)20-9-13(14)23/h1-4,9,23H,5-8,10H2. The first-order valence-electron chi connectivity index (χ1n) is 7.50. The second kappa shape index (κ2) is 6.27. The lowest BCUT2D eigenvalue weighted by Gasteiger charge is -2.35. The Bertz CT molecular complexity index is 756. The lowest BCUT2D eigenvalue weighted by Crippen LogP contribution is -2.50. The summed E-state index contributed by atoms with van der Waals surface area (Å²) >= 11 is 0. The van der Waals surface area contributed by atoms with E-state index in [1.165, 1.54) is 16.0 Å². The molecule has 0 bridgehead atoms. The van der Waals surface area contributed by atoms with Crippen LogP contribution in [-0.2, 0) is 0 Å². The molecule has 0 aliphatic carbocycles. The number of benzene rings is 1. The number of aromatic hydroxyl groups is 1. The zero-order valence-corrected chi connectivity index (χ0v) is 12.8. The third kappa shape index (κ3) is 3.43. The topological polar surface area (TPSA) is 56.7 Å². The fourth-order valence-electron chi connectivity index (χ4n) is 2.88. The lowest BCUT2D eigenvalue weighted by atomic mass is 10.1. The number of fused-ring (bicyclic) bond motifs is 1. The zero-order valence-electron chi connectivity index (χ0n) is 12.8. The Morgan fingerprint density at radius 2 is 1.83 bits per heavy atom. The fourth-order valence-corrected chi connectivity index (χ4v) is 2.88. The number of halogens is 3. The minimum atomic E-state index is -4.24. The number of carbonyl (C=O) groups excluding carboxylic acids is 1. The SMILES string of the molecule is O=C(c1c(O)cnc2ccccc12)N1CCN(CC(F)(F)F)CC1. The van der Waals surface area contributed by atoms with Gasteiger partial charge in [0.15, 0.2) is 0 Å². The lowest BCUT2D eigenvalue weighted by molar-refractivity contribution is -0.148. The molecule has 1 fully saturated rings. The number of amides is 1. The van der Waals surface area contributed by atoms with Crippen molar-refractivity contribution < 1.29 is 23.1 Å². The van der Waals surface area contributed by atoms with Gasteiger partial charge in [0, 0.05) is 31.6 Å². The van der Waals surface area contributed by atoms with Crippen LogP contribution in [-0.4, -0.2) is 64.7 Å². The Morgan fingerprint density at radius 1 is 1.17 bits per heavy atom. The van der Waals surface area contributed by atoms with Crippen molar-refractivity contribution in [2.75, 3.05) is 32.7 Å². The van der Waals surface area contributed by atoms with Gasteiger partial charge in [0.1, 0.15) is 5.75 Å². The Hall–Kier alpha value is -2.35. The van der Waals surface area contributed by atoms with Gasteiger partial charge in [0.05, 0.1) is 23.8 Å². The van der Waals surface area contributed by atoms with Crippen molar-refractivity contribution in [3.8, 4) is 5.75 Å². The molecule has 8 heteroatoms. The monoisotopic (exact) mass is 339 g/mol. The van der Waals surface area contributed by atoms with E-state index in [0.29, 0.717) is 10.9 Å². The zero-order chi connectivity index (χ0) is 17.3. The van der Waals surface area contributed by atoms with Crippen LogP contribution >= 0.6 is 0 Å². The Kier molecular flexibility index (Phi) is 4.31. The average molecular weight is 339 g/mol. The van der Waals surface area contributed by atoms with Gasteiger partial charge < -0.3 is 10.0 Å². The summed E-state index contributed by atoms with van der Waals surface area (Å²) in [5, 5.41) is 10.6. The molecule has 24 heavy (non-hydrogen) atoms. The van der Waals surface area contributed by atoms with E-state index in [1.54, 1.807) is 24.3 Å². The number of nitrogens with zero attached hydrogens (tertiary/aromatic N) is 3. The molecule has 5 nitrogen and oxygen atoms in total. The highest BCUT2D eigenvalue weighted by atomic mass is 19.4. The number of alkyl halides is 3. The van der Waals surface area contributed by atoms with Crippen LogP contribution in [0.1, 0.15) is 10.4 Å². The second-order valence-electron chi connectivity index (χ2n) is 5.72.